The number of aryl methyl sites for hydroxylation is 3. The SMILES string of the molecule is Cc1cccc2nc(CCCl)n(CCC(=O)NC3CC3)c12. The highest BCUT2D eigenvalue weighted by molar-refractivity contribution is 6.17. The first-order chi connectivity index (χ1) is 10.2. The van der Waals surface area contributed by atoms with Crippen LogP contribution in [0.2, 0.25) is 0 Å². The predicted molar refractivity (Wildman–Crippen MR) is 84.7 cm³/mol. The number of amides is 1. The van der Waals surface area contributed by atoms with Crippen LogP contribution in [-0.4, -0.2) is 27.4 Å². The van der Waals surface area contributed by atoms with Crippen molar-refractivity contribution in [3.63, 3.8) is 0 Å². The molecule has 1 saturated carbocycles. The summed E-state index contributed by atoms with van der Waals surface area (Å²) >= 11 is 5.88. The number of nitrogens with zero attached hydrogens (tertiary/aromatic N) is 2. The lowest BCUT2D eigenvalue weighted by molar-refractivity contribution is -0.121. The second-order valence-corrected chi connectivity index (χ2v) is 6.03. The molecule has 0 spiro atoms. The third kappa shape index (κ3) is 3.21. The standard InChI is InChI=1S/C16H20ClN3O/c1-11-3-2-4-13-16(11)20(14(19-13)7-9-17)10-8-15(21)18-12-5-6-12/h2-4,12H,5-10H2,1H3,(H,18,21). The van der Waals surface area contributed by atoms with Gasteiger partial charge in [0.05, 0.1) is 11.0 Å². The molecule has 1 aliphatic carbocycles. The highest BCUT2D eigenvalue weighted by Gasteiger charge is 2.23. The number of carbonyl (C=O) groups excluding carboxylic acids is 1. The zero-order chi connectivity index (χ0) is 14.8. The van der Waals surface area contributed by atoms with Crippen LogP contribution >= 0.6 is 11.6 Å². The van der Waals surface area contributed by atoms with Crippen LogP contribution in [0.5, 0.6) is 0 Å². The van der Waals surface area contributed by atoms with Gasteiger partial charge in [0, 0.05) is 31.3 Å². The van der Waals surface area contributed by atoms with Crippen molar-refractivity contribution in [2.75, 3.05) is 5.88 Å². The molecule has 0 unspecified atom stereocenters. The van der Waals surface area contributed by atoms with Crippen LogP contribution < -0.4 is 5.32 Å². The Morgan fingerprint density at radius 1 is 1.48 bits per heavy atom. The van der Waals surface area contributed by atoms with Gasteiger partial charge < -0.3 is 9.88 Å². The minimum absolute atomic E-state index is 0.129. The molecule has 1 heterocycles. The van der Waals surface area contributed by atoms with Crippen molar-refractivity contribution in [1.82, 2.24) is 14.9 Å². The Hall–Kier alpha value is -1.55. The van der Waals surface area contributed by atoms with Gasteiger partial charge in [-0.2, -0.15) is 0 Å². The number of nitrogens with one attached hydrogen (secondary N) is 1. The summed E-state index contributed by atoms with van der Waals surface area (Å²) in [6.45, 7) is 2.74. The molecule has 4 nitrogen and oxygen atoms in total. The summed E-state index contributed by atoms with van der Waals surface area (Å²) in [5.74, 6) is 1.63. The van der Waals surface area contributed by atoms with Gasteiger partial charge in [-0.3, -0.25) is 4.79 Å². The largest absolute Gasteiger partial charge is 0.353 e. The lowest BCUT2D eigenvalue weighted by atomic mass is 10.2. The zero-order valence-corrected chi connectivity index (χ0v) is 13.0. The van der Waals surface area contributed by atoms with Crippen molar-refractivity contribution in [3.8, 4) is 0 Å². The number of imidazole rings is 1. The van der Waals surface area contributed by atoms with Crippen LogP contribution in [0.15, 0.2) is 18.2 Å². The number of hydrogen-bond donors (Lipinski definition) is 1. The average molecular weight is 306 g/mol. The van der Waals surface area contributed by atoms with E-state index in [0.29, 0.717) is 24.9 Å². The minimum atomic E-state index is 0.129. The molecule has 2 aromatic rings. The number of para-hydroxylation sites is 1. The number of aromatic nitrogens is 2. The molecule has 112 valence electrons. The Kier molecular flexibility index (Phi) is 4.15. The first-order valence-electron chi connectivity index (χ1n) is 7.49. The van der Waals surface area contributed by atoms with Crippen LogP contribution in [0.1, 0.15) is 30.7 Å². The normalized spacial score (nSPS) is 14.6. The van der Waals surface area contributed by atoms with Gasteiger partial charge in [-0.15, -0.1) is 11.6 Å². The van der Waals surface area contributed by atoms with Gasteiger partial charge in [0.2, 0.25) is 5.91 Å². The number of rotatable bonds is 6. The Morgan fingerprint density at radius 2 is 2.29 bits per heavy atom. The maximum Gasteiger partial charge on any atom is 0.222 e. The summed E-state index contributed by atoms with van der Waals surface area (Å²) in [6, 6.07) is 6.52. The van der Waals surface area contributed by atoms with E-state index in [0.717, 1.165) is 36.1 Å². The van der Waals surface area contributed by atoms with Crippen molar-refractivity contribution in [1.29, 1.82) is 0 Å². The van der Waals surface area contributed by atoms with E-state index in [1.54, 1.807) is 0 Å². The van der Waals surface area contributed by atoms with E-state index in [1.165, 1.54) is 5.56 Å². The van der Waals surface area contributed by atoms with Crippen molar-refractivity contribution in [3.05, 3.63) is 29.6 Å². The van der Waals surface area contributed by atoms with E-state index in [2.05, 4.69) is 27.9 Å². The van der Waals surface area contributed by atoms with Crippen LogP contribution in [0.25, 0.3) is 11.0 Å². The molecule has 3 rings (SSSR count). The van der Waals surface area contributed by atoms with Crippen LogP contribution in [-0.2, 0) is 17.8 Å². The van der Waals surface area contributed by atoms with E-state index in [4.69, 9.17) is 11.6 Å². The van der Waals surface area contributed by atoms with E-state index in [-0.39, 0.29) is 5.91 Å². The smallest absolute Gasteiger partial charge is 0.222 e. The molecule has 1 aliphatic rings. The fourth-order valence-corrected chi connectivity index (χ4v) is 2.84. The average Bonchev–Trinajstić information content (AvgIpc) is 3.18. The zero-order valence-electron chi connectivity index (χ0n) is 12.2. The van der Waals surface area contributed by atoms with Gasteiger partial charge in [-0.05, 0) is 31.4 Å². The van der Waals surface area contributed by atoms with Gasteiger partial charge in [0.15, 0.2) is 0 Å². The lowest BCUT2D eigenvalue weighted by Crippen LogP contribution is -2.26. The predicted octanol–water partition coefficient (Wildman–Crippen LogP) is 2.79. The molecule has 0 atom stereocenters. The molecular formula is C16H20ClN3O. The van der Waals surface area contributed by atoms with Gasteiger partial charge >= 0.3 is 0 Å². The van der Waals surface area contributed by atoms with Crippen LogP contribution in [0.4, 0.5) is 0 Å². The third-order valence-corrected chi connectivity index (χ3v) is 4.06. The maximum absolute atomic E-state index is 11.9. The van der Waals surface area contributed by atoms with E-state index < -0.39 is 0 Å². The molecule has 1 N–H and O–H groups in total. The number of alkyl halides is 1. The lowest BCUT2D eigenvalue weighted by Gasteiger charge is -2.10. The molecule has 0 aliphatic heterocycles. The van der Waals surface area contributed by atoms with Crippen molar-refractivity contribution in [2.24, 2.45) is 0 Å². The number of benzene rings is 1. The summed E-state index contributed by atoms with van der Waals surface area (Å²) < 4.78 is 2.15. The summed E-state index contributed by atoms with van der Waals surface area (Å²) in [7, 11) is 0. The molecule has 0 saturated heterocycles. The fourth-order valence-electron chi connectivity index (χ4n) is 2.67. The second-order valence-electron chi connectivity index (χ2n) is 5.65. The molecule has 1 aromatic heterocycles. The van der Waals surface area contributed by atoms with Gasteiger partial charge in [0.25, 0.3) is 0 Å². The van der Waals surface area contributed by atoms with E-state index in [1.807, 2.05) is 12.1 Å². The number of fused-ring (bicyclic) bond motifs is 1. The summed E-state index contributed by atoms with van der Waals surface area (Å²) in [5.41, 5.74) is 3.29. The Balaban J connectivity index is 1.83. The fraction of sp³-hybridized carbons (Fsp3) is 0.500. The van der Waals surface area contributed by atoms with Crippen molar-refractivity contribution >= 4 is 28.5 Å². The van der Waals surface area contributed by atoms with Gasteiger partial charge in [-0.25, -0.2) is 4.98 Å². The first kappa shape index (κ1) is 14.4. The van der Waals surface area contributed by atoms with Crippen molar-refractivity contribution in [2.45, 2.75) is 45.2 Å². The van der Waals surface area contributed by atoms with Gasteiger partial charge in [0.1, 0.15) is 5.82 Å². The quantitative estimate of drug-likeness (QED) is 0.834. The highest BCUT2D eigenvalue weighted by atomic mass is 35.5. The molecule has 0 radical (unpaired) electrons. The molecule has 1 amide bonds. The number of halogens is 1. The first-order valence-corrected chi connectivity index (χ1v) is 8.02. The van der Waals surface area contributed by atoms with E-state index in [9.17, 15) is 4.79 Å². The van der Waals surface area contributed by atoms with Crippen molar-refractivity contribution < 1.29 is 4.79 Å². The minimum Gasteiger partial charge on any atom is -0.353 e. The highest BCUT2D eigenvalue weighted by Crippen LogP contribution is 2.22. The van der Waals surface area contributed by atoms with Crippen LogP contribution in [0.3, 0.4) is 0 Å². The Bertz CT molecular complexity index is 661. The summed E-state index contributed by atoms with van der Waals surface area (Å²) in [4.78, 5) is 16.6. The van der Waals surface area contributed by atoms with Gasteiger partial charge in [-0.1, -0.05) is 12.1 Å². The maximum atomic E-state index is 11.9. The topological polar surface area (TPSA) is 46.9 Å². The number of carbonyl (C=O) groups is 1. The third-order valence-electron chi connectivity index (χ3n) is 3.87. The summed E-state index contributed by atoms with van der Waals surface area (Å²) in [5, 5.41) is 3.03. The summed E-state index contributed by atoms with van der Waals surface area (Å²) in [6.07, 6.45) is 3.46. The molecule has 5 heteroatoms. The molecule has 1 fully saturated rings. The molecule has 21 heavy (non-hydrogen) atoms. The molecule has 1 aromatic carbocycles. The Labute approximate surface area is 129 Å². The Morgan fingerprint density at radius 3 is 3.00 bits per heavy atom. The molecule has 0 bridgehead atoms. The monoisotopic (exact) mass is 305 g/mol. The van der Waals surface area contributed by atoms with Crippen LogP contribution in [0, 0.1) is 6.92 Å². The second kappa shape index (κ2) is 6.06. The number of hydrogen-bond acceptors (Lipinski definition) is 2. The molecular weight excluding hydrogens is 286 g/mol. The van der Waals surface area contributed by atoms with E-state index >= 15 is 0 Å².